The zero-order chi connectivity index (χ0) is 20.0. The Balaban J connectivity index is 1.40. The second kappa shape index (κ2) is 7.15. The lowest BCUT2D eigenvalue weighted by Crippen LogP contribution is -2.54. The number of hydrogen-bond acceptors (Lipinski definition) is 6. The monoisotopic (exact) mass is 412 g/mol. The van der Waals surface area contributed by atoms with E-state index < -0.39 is 0 Å². The molecule has 4 heterocycles. The Kier molecular flexibility index (Phi) is 4.59. The third-order valence-electron chi connectivity index (χ3n) is 6.44. The minimum absolute atomic E-state index is 0.106. The first-order chi connectivity index (χ1) is 14.0. The lowest BCUT2D eigenvalue weighted by molar-refractivity contribution is 0.0597. The van der Waals surface area contributed by atoms with Crippen molar-refractivity contribution in [1.29, 1.82) is 0 Å². The third kappa shape index (κ3) is 3.42. The zero-order valence-corrected chi connectivity index (χ0v) is 17.3. The molecule has 5 rings (SSSR count). The van der Waals surface area contributed by atoms with Gasteiger partial charge in [-0.15, -0.1) is 0 Å². The van der Waals surface area contributed by atoms with Gasteiger partial charge < -0.3 is 14.9 Å². The number of rotatable bonds is 2. The molecular formula is C21H25ClN6O. The highest BCUT2D eigenvalue weighted by Crippen LogP contribution is 2.42. The smallest absolute Gasteiger partial charge is 0.223 e. The summed E-state index contributed by atoms with van der Waals surface area (Å²) in [4.78, 5) is 13.5. The Hall–Kier alpha value is -2.38. The first kappa shape index (κ1) is 18.6. The summed E-state index contributed by atoms with van der Waals surface area (Å²) in [5.41, 5.74) is 2.12. The van der Waals surface area contributed by atoms with Crippen LogP contribution in [-0.2, 0) is 7.05 Å². The van der Waals surface area contributed by atoms with E-state index in [0.717, 1.165) is 61.4 Å². The van der Waals surface area contributed by atoms with Gasteiger partial charge in [0.25, 0.3) is 0 Å². The Morgan fingerprint density at radius 3 is 2.72 bits per heavy atom. The SMILES string of the molecule is Cn1ncnc1N1CCC2(CC1)CC(O)CN(c1ccnc3cc(Cl)ccc13)C2. The molecule has 7 nitrogen and oxygen atoms in total. The van der Waals surface area contributed by atoms with Crippen LogP contribution in [0.25, 0.3) is 10.9 Å². The largest absolute Gasteiger partial charge is 0.391 e. The van der Waals surface area contributed by atoms with Crippen LogP contribution in [0.4, 0.5) is 11.6 Å². The number of fused-ring (bicyclic) bond motifs is 1. The van der Waals surface area contributed by atoms with Crippen molar-refractivity contribution in [2.75, 3.05) is 36.0 Å². The molecule has 1 unspecified atom stereocenters. The van der Waals surface area contributed by atoms with E-state index in [1.807, 2.05) is 36.1 Å². The molecule has 1 aromatic carbocycles. The van der Waals surface area contributed by atoms with Crippen LogP contribution in [0, 0.1) is 5.41 Å². The van der Waals surface area contributed by atoms with E-state index in [0.29, 0.717) is 11.6 Å². The van der Waals surface area contributed by atoms with Crippen LogP contribution in [-0.4, -0.2) is 57.1 Å². The van der Waals surface area contributed by atoms with Crippen molar-refractivity contribution < 1.29 is 5.11 Å². The number of aliphatic hydroxyl groups is 1. The Morgan fingerprint density at radius 1 is 1.14 bits per heavy atom. The number of piperidine rings is 2. The van der Waals surface area contributed by atoms with Gasteiger partial charge in [0.1, 0.15) is 6.33 Å². The molecular weight excluding hydrogens is 388 g/mol. The van der Waals surface area contributed by atoms with Crippen molar-refractivity contribution in [1.82, 2.24) is 19.7 Å². The molecule has 0 saturated carbocycles. The maximum atomic E-state index is 10.8. The highest BCUT2D eigenvalue weighted by Gasteiger charge is 2.42. The zero-order valence-electron chi connectivity index (χ0n) is 16.5. The summed E-state index contributed by atoms with van der Waals surface area (Å²) >= 11 is 6.15. The molecule has 1 N–H and O–H groups in total. The lowest BCUT2D eigenvalue weighted by atomic mass is 9.71. The maximum Gasteiger partial charge on any atom is 0.223 e. The van der Waals surface area contributed by atoms with Crippen molar-refractivity contribution in [2.45, 2.75) is 25.4 Å². The van der Waals surface area contributed by atoms with Crippen LogP contribution < -0.4 is 9.80 Å². The van der Waals surface area contributed by atoms with Crippen molar-refractivity contribution in [3.8, 4) is 0 Å². The van der Waals surface area contributed by atoms with Crippen LogP contribution in [0.3, 0.4) is 0 Å². The second-order valence-corrected chi connectivity index (χ2v) is 8.84. The molecule has 2 saturated heterocycles. The predicted molar refractivity (Wildman–Crippen MR) is 114 cm³/mol. The van der Waals surface area contributed by atoms with Gasteiger partial charge in [0.05, 0.1) is 11.6 Å². The fraction of sp³-hybridized carbons (Fsp3) is 0.476. The minimum atomic E-state index is -0.333. The molecule has 1 atom stereocenters. The molecule has 152 valence electrons. The number of pyridine rings is 1. The molecule has 2 aromatic heterocycles. The summed E-state index contributed by atoms with van der Waals surface area (Å²) < 4.78 is 1.83. The predicted octanol–water partition coefficient (Wildman–Crippen LogP) is 2.87. The summed E-state index contributed by atoms with van der Waals surface area (Å²) in [6.07, 6.45) is 6.01. The quantitative estimate of drug-likeness (QED) is 0.698. The van der Waals surface area contributed by atoms with E-state index in [1.165, 1.54) is 0 Å². The Bertz CT molecular complexity index is 1030. The van der Waals surface area contributed by atoms with Crippen molar-refractivity contribution in [3.63, 3.8) is 0 Å². The average Bonchev–Trinajstić information content (AvgIpc) is 3.13. The summed E-state index contributed by atoms with van der Waals surface area (Å²) in [5, 5.41) is 16.7. The lowest BCUT2D eigenvalue weighted by Gasteiger charge is -2.50. The molecule has 0 amide bonds. The number of halogens is 1. The molecule has 0 bridgehead atoms. The van der Waals surface area contributed by atoms with E-state index in [4.69, 9.17) is 11.6 Å². The number of aryl methyl sites for hydroxylation is 1. The molecule has 2 aliphatic rings. The number of aromatic nitrogens is 4. The summed E-state index contributed by atoms with van der Waals surface area (Å²) in [5.74, 6) is 0.921. The Morgan fingerprint density at radius 2 is 1.97 bits per heavy atom. The number of aliphatic hydroxyl groups excluding tert-OH is 1. The molecule has 2 aliphatic heterocycles. The van der Waals surface area contributed by atoms with E-state index in [2.05, 4.69) is 30.9 Å². The molecule has 0 aliphatic carbocycles. The first-order valence-corrected chi connectivity index (χ1v) is 10.5. The van der Waals surface area contributed by atoms with Gasteiger partial charge >= 0.3 is 0 Å². The average molecular weight is 413 g/mol. The minimum Gasteiger partial charge on any atom is -0.391 e. The van der Waals surface area contributed by atoms with Gasteiger partial charge in [-0.3, -0.25) is 4.98 Å². The topological polar surface area (TPSA) is 70.3 Å². The Labute approximate surface area is 174 Å². The van der Waals surface area contributed by atoms with Gasteiger partial charge in [-0.2, -0.15) is 10.1 Å². The standard InChI is InChI=1S/C21H25ClN6O/c1-26-20(24-14-25-26)27-8-5-21(6-9-27)11-16(29)12-28(13-21)19-4-7-23-18-10-15(22)2-3-17(18)19/h2-4,7,10,14,16,29H,5-6,8-9,11-13H2,1H3. The molecule has 0 radical (unpaired) electrons. The van der Waals surface area contributed by atoms with E-state index in [1.54, 1.807) is 6.33 Å². The number of anilines is 2. The van der Waals surface area contributed by atoms with Crippen LogP contribution in [0.2, 0.25) is 5.02 Å². The van der Waals surface area contributed by atoms with Gasteiger partial charge in [0.2, 0.25) is 5.95 Å². The molecule has 1 spiro atoms. The van der Waals surface area contributed by atoms with Crippen LogP contribution in [0.1, 0.15) is 19.3 Å². The summed E-state index contributed by atoms with van der Waals surface area (Å²) in [7, 11) is 1.93. The number of benzene rings is 1. The van der Waals surface area contributed by atoms with Gasteiger partial charge in [-0.25, -0.2) is 4.68 Å². The highest BCUT2D eigenvalue weighted by atomic mass is 35.5. The van der Waals surface area contributed by atoms with Gasteiger partial charge in [0, 0.05) is 55.5 Å². The summed E-state index contributed by atoms with van der Waals surface area (Å²) in [6, 6.07) is 7.89. The number of hydrogen-bond donors (Lipinski definition) is 1. The number of nitrogens with zero attached hydrogens (tertiary/aromatic N) is 6. The van der Waals surface area contributed by atoms with Crippen LogP contribution in [0.5, 0.6) is 0 Å². The van der Waals surface area contributed by atoms with E-state index in [9.17, 15) is 5.11 Å². The molecule has 8 heteroatoms. The highest BCUT2D eigenvalue weighted by molar-refractivity contribution is 6.31. The second-order valence-electron chi connectivity index (χ2n) is 8.40. The van der Waals surface area contributed by atoms with Gasteiger partial charge in [0.15, 0.2) is 0 Å². The van der Waals surface area contributed by atoms with Gasteiger partial charge in [-0.05, 0) is 48.9 Å². The van der Waals surface area contributed by atoms with Crippen molar-refractivity contribution in [3.05, 3.63) is 41.8 Å². The molecule has 29 heavy (non-hydrogen) atoms. The van der Waals surface area contributed by atoms with E-state index >= 15 is 0 Å². The van der Waals surface area contributed by atoms with E-state index in [-0.39, 0.29) is 11.5 Å². The third-order valence-corrected chi connectivity index (χ3v) is 6.68. The fourth-order valence-electron chi connectivity index (χ4n) is 5.04. The van der Waals surface area contributed by atoms with Crippen LogP contribution in [0.15, 0.2) is 36.8 Å². The van der Waals surface area contributed by atoms with Gasteiger partial charge in [-0.1, -0.05) is 11.6 Å². The molecule has 3 aromatic rings. The fourth-order valence-corrected chi connectivity index (χ4v) is 5.20. The van der Waals surface area contributed by atoms with Crippen molar-refractivity contribution >= 4 is 34.1 Å². The first-order valence-electron chi connectivity index (χ1n) is 10.1. The number of β-amino-alcohol motifs (C(OH)–C–C–N with tert-alkyl or cyclic N) is 1. The van der Waals surface area contributed by atoms with Crippen LogP contribution >= 0.6 is 11.6 Å². The summed E-state index contributed by atoms with van der Waals surface area (Å²) in [6.45, 7) is 3.45. The maximum absolute atomic E-state index is 10.8. The molecule has 2 fully saturated rings. The van der Waals surface area contributed by atoms with Crippen molar-refractivity contribution in [2.24, 2.45) is 12.5 Å². The normalized spacial score (nSPS) is 21.8.